The van der Waals surface area contributed by atoms with E-state index in [1.165, 1.54) is 5.56 Å². The summed E-state index contributed by atoms with van der Waals surface area (Å²) in [6.07, 6.45) is -0.148. The lowest BCUT2D eigenvalue weighted by Crippen LogP contribution is -2.29. The minimum Gasteiger partial charge on any atom is -0.484 e. The number of ether oxygens (including phenoxy) is 1. The van der Waals surface area contributed by atoms with Gasteiger partial charge in [-0.2, -0.15) is 0 Å². The van der Waals surface area contributed by atoms with E-state index >= 15 is 0 Å². The van der Waals surface area contributed by atoms with Gasteiger partial charge in [0.15, 0.2) is 0 Å². The van der Waals surface area contributed by atoms with Crippen molar-refractivity contribution < 1.29 is 4.74 Å². The molecule has 0 radical (unpaired) electrons. The van der Waals surface area contributed by atoms with Crippen LogP contribution in [-0.4, -0.2) is 6.04 Å². The summed E-state index contributed by atoms with van der Waals surface area (Å²) >= 11 is 3.58. The maximum atomic E-state index is 6.19. The van der Waals surface area contributed by atoms with E-state index < -0.39 is 0 Å². The highest BCUT2D eigenvalue weighted by molar-refractivity contribution is 9.10. The third-order valence-corrected chi connectivity index (χ3v) is 4.77. The third-order valence-electron chi connectivity index (χ3n) is 3.52. The number of hydrogen-bond acceptors (Lipinski definition) is 2. The molecule has 0 saturated carbocycles. The average molecular weight is 348 g/mol. The van der Waals surface area contributed by atoms with Crippen LogP contribution in [-0.2, 0) is 0 Å². The summed E-state index contributed by atoms with van der Waals surface area (Å²) in [6, 6.07) is 12.3. The van der Waals surface area contributed by atoms with Crippen LogP contribution < -0.4 is 10.5 Å². The molecular weight excluding hydrogens is 326 g/mol. The Kier molecular flexibility index (Phi) is 5.07. The Morgan fingerprint density at radius 1 is 1.05 bits per heavy atom. The first kappa shape index (κ1) is 16.1. The van der Waals surface area contributed by atoms with Crippen molar-refractivity contribution in [3.63, 3.8) is 0 Å². The number of aryl methyl sites for hydroxylation is 3. The molecule has 0 aromatic heterocycles. The smallest absolute Gasteiger partial charge is 0.138 e. The minimum atomic E-state index is -0.148. The Morgan fingerprint density at radius 3 is 2.19 bits per heavy atom. The molecule has 0 heterocycles. The fourth-order valence-electron chi connectivity index (χ4n) is 2.45. The molecule has 0 amide bonds. The van der Waals surface area contributed by atoms with E-state index in [0.29, 0.717) is 0 Å². The Labute approximate surface area is 135 Å². The molecule has 0 saturated heterocycles. The fraction of sp³-hybridized carbons (Fsp3) is 0.333. The maximum absolute atomic E-state index is 6.19. The van der Waals surface area contributed by atoms with Crippen LogP contribution >= 0.6 is 15.9 Å². The summed E-state index contributed by atoms with van der Waals surface area (Å²) in [5.74, 6) is 0.858. The van der Waals surface area contributed by atoms with Gasteiger partial charge in [0.1, 0.15) is 11.9 Å². The fourth-order valence-corrected chi connectivity index (χ4v) is 2.68. The molecule has 2 rings (SSSR count). The molecule has 2 N–H and O–H groups in total. The largest absolute Gasteiger partial charge is 0.484 e. The quantitative estimate of drug-likeness (QED) is 0.858. The molecule has 112 valence electrons. The van der Waals surface area contributed by atoms with Crippen molar-refractivity contribution in [1.29, 1.82) is 0 Å². The van der Waals surface area contributed by atoms with E-state index in [4.69, 9.17) is 10.5 Å². The lowest BCUT2D eigenvalue weighted by atomic mass is 10.0. The molecule has 0 fully saturated rings. The standard InChI is InChI=1S/C18H22BrNO/c1-11-6-5-7-15(8-11)18(14(4)20)21-16-9-12(2)17(19)13(3)10-16/h5-10,14,18H,20H2,1-4H3. The molecule has 0 spiro atoms. The molecule has 2 aromatic carbocycles. The first-order valence-corrected chi connectivity index (χ1v) is 7.93. The number of rotatable bonds is 4. The second kappa shape index (κ2) is 6.63. The van der Waals surface area contributed by atoms with Gasteiger partial charge >= 0.3 is 0 Å². The Balaban J connectivity index is 2.33. The van der Waals surface area contributed by atoms with E-state index in [2.05, 4.69) is 54.9 Å². The molecule has 0 aliphatic heterocycles. The zero-order chi connectivity index (χ0) is 15.6. The number of hydrogen-bond donors (Lipinski definition) is 1. The van der Waals surface area contributed by atoms with Gasteiger partial charge in [-0.05, 0) is 56.5 Å². The second-order valence-electron chi connectivity index (χ2n) is 5.68. The van der Waals surface area contributed by atoms with Crippen LogP contribution in [0.15, 0.2) is 40.9 Å². The van der Waals surface area contributed by atoms with Gasteiger partial charge in [-0.1, -0.05) is 45.8 Å². The zero-order valence-electron chi connectivity index (χ0n) is 13.0. The van der Waals surface area contributed by atoms with Crippen LogP contribution in [0.4, 0.5) is 0 Å². The van der Waals surface area contributed by atoms with Gasteiger partial charge in [0.25, 0.3) is 0 Å². The topological polar surface area (TPSA) is 35.2 Å². The van der Waals surface area contributed by atoms with E-state index in [9.17, 15) is 0 Å². The van der Waals surface area contributed by atoms with E-state index in [1.807, 2.05) is 25.1 Å². The lowest BCUT2D eigenvalue weighted by molar-refractivity contribution is 0.180. The monoisotopic (exact) mass is 347 g/mol. The van der Waals surface area contributed by atoms with Gasteiger partial charge in [0.2, 0.25) is 0 Å². The molecule has 3 heteroatoms. The average Bonchev–Trinajstić information content (AvgIpc) is 2.41. The molecule has 2 atom stereocenters. The van der Waals surface area contributed by atoms with Crippen molar-refractivity contribution in [2.24, 2.45) is 5.73 Å². The van der Waals surface area contributed by atoms with Gasteiger partial charge < -0.3 is 10.5 Å². The zero-order valence-corrected chi connectivity index (χ0v) is 14.6. The minimum absolute atomic E-state index is 0.0870. The molecule has 21 heavy (non-hydrogen) atoms. The molecular formula is C18H22BrNO. The predicted molar refractivity (Wildman–Crippen MR) is 91.8 cm³/mol. The maximum Gasteiger partial charge on any atom is 0.138 e. The van der Waals surface area contributed by atoms with Gasteiger partial charge in [0, 0.05) is 10.5 Å². The van der Waals surface area contributed by atoms with Crippen molar-refractivity contribution in [3.05, 3.63) is 63.1 Å². The van der Waals surface area contributed by atoms with Crippen LogP contribution in [0.5, 0.6) is 5.75 Å². The Bertz CT molecular complexity index is 614. The summed E-state index contributed by atoms with van der Waals surface area (Å²) in [7, 11) is 0. The van der Waals surface area contributed by atoms with Crippen LogP contribution in [0.25, 0.3) is 0 Å². The SMILES string of the molecule is Cc1cccc(C(Oc2cc(C)c(Br)c(C)c2)C(C)N)c1. The number of nitrogens with two attached hydrogens (primary N) is 1. The van der Waals surface area contributed by atoms with Gasteiger partial charge in [-0.25, -0.2) is 0 Å². The van der Waals surface area contributed by atoms with E-state index in [-0.39, 0.29) is 12.1 Å². The predicted octanol–water partition coefficient (Wildman–Crippen LogP) is 4.84. The molecule has 2 unspecified atom stereocenters. The van der Waals surface area contributed by atoms with Crippen molar-refractivity contribution in [1.82, 2.24) is 0 Å². The van der Waals surface area contributed by atoms with Crippen molar-refractivity contribution >= 4 is 15.9 Å². The van der Waals surface area contributed by atoms with Crippen molar-refractivity contribution in [2.45, 2.75) is 39.8 Å². The summed E-state index contributed by atoms with van der Waals surface area (Å²) in [4.78, 5) is 0. The number of halogens is 1. The number of benzene rings is 2. The Hall–Kier alpha value is -1.32. The van der Waals surface area contributed by atoms with E-state index in [1.54, 1.807) is 0 Å². The second-order valence-corrected chi connectivity index (χ2v) is 6.48. The summed E-state index contributed by atoms with van der Waals surface area (Å²) in [5.41, 5.74) is 10.8. The van der Waals surface area contributed by atoms with Crippen molar-refractivity contribution in [3.8, 4) is 5.75 Å². The lowest BCUT2D eigenvalue weighted by Gasteiger charge is -2.24. The Morgan fingerprint density at radius 2 is 1.67 bits per heavy atom. The van der Waals surface area contributed by atoms with Crippen molar-refractivity contribution in [2.75, 3.05) is 0 Å². The van der Waals surface area contributed by atoms with Crippen LogP contribution in [0.2, 0.25) is 0 Å². The summed E-state index contributed by atoms with van der Waals surface area (Å²) < 4.78 is 7.32. The van der Waals surface area contributed by atoms with Gasteiger partial charge in [0.05, 0.1) is 0 Å². The molecule has 2 nitrogen and oxygen atoms in total. The first-order chi connectivity index (χ1) is 9.88. The highest BCUT2D eigenvalue weighted by atomic mass is 79.9. The first-order valence-electron chi connectivity index (χ1n) is 7.14. The van der Waals surface area contributed by atoms with Crippen LogP contribution in [0.1, 0.15) is 35.3 Å². The molecule has 2 aromatic rings. The van der Waals surface area contributed by atoms with Crippen LogP contribution in [0.3, 0.4) is 0 Å². The normalized spacial score (nSPS) is 13.8. The van der Waals surface area contributed by atoms with Gasteiger partial charge in [-0.15, -0.1) is 0 Å². The summed E-state index contributed by atoms with van der Waals surface area (Å²) in [6.45, 7) is 8.19. The van der Waals surface area contributed by atoms with Crippen LogP contribution in [0, 0.1) is 20.8 Å². The highest BCUT2D eigenvalue weighted by Gasteiger charge is 2.19. The highest BCUT2D eigenvalue weighted by Crippen LogP contribution is 2.30. The summed E-state index contributed by atoms with van der Waals surface area (Å²) in [5, 5.41) is 0. The van der Waals surface area contributed by atoms with Gasteiger partial charge in [-0.3, -0.25) is 0 Å². The molecule has 0 aliphatic carbocycles. The third kappa shape index (κ3) is 3.86. The molecule has 0 bridgehead atoms. The van der Waals surface area contributed by atoms with E-state index in [0.717, 1.165) is 26.9 Å². The molecule has 0 aliphatic rings.